The molecule has 0 saturated heterocycles. The predicted octanol–water partition coefficient (Wildman–Crippen LogP) is 5.73. The minimum atomic E-state index is -4.52. The van der Waals surface area contributed by atoms with Crippen molar-refractivity contribution in [2.24, 2.45) is 5.92 Å². The van der Waals surface area contributed by atoms with E-state index < -0.39 is 35.8 Å². The van der Waals surface area contributed by atoms with Gasteiger partial charge in [-0.15, -0.1) is 0 Å². The van der Waals surface area contributed by atoms with Crippen LogP contribution in [0.4, 0.5) is 39.8 Å². The minimum absolute atomic E-state index is 0.0589. The molecule has 0 bridgehead atoms. The van der Waals surface area contributed by atoms with Gasteiger partial charge in [-0.05, 0) is 55.5 Å². The van der Waals surface area contributed by atoms with Crippen molar-refractivity contribution < 1.29 is 37.4 Å². The topological polar surface area (TPSA) is 123 Å². The third kappa shape index (κ3) is 7.78. The number of urea groups is 2. The maximum atomic E-state index is 13.7. The Morgan fingerprint density at radius 3 is 2.30 bits per heavy atom. The summed E-state index contributed by atoms with van der Waals surface area (Å²) in [4.78, 5) is 42.5. The molecule has 1 aliphatic heterocycles. The molecule has 0 fully saturated rings. The summed E-state index contributed by atoms with van der Waals surface area (Å²) >= 11 is 0. The van der Waals surface area contributed by atoms with Crippen LogP contribution in [0.15, 0.2) is 72.8 Å². The molecule has 0 aliphatic carbocycles. The Balaban J connectivity index is 1.60. The van der Waals surface area contributed by atoms with Gasteiger partial charge in [0, 0.05) is 30.9 Å². The number of nitrogens with one attached hydrogen (secondary N) is 3. The summed E-state index contributed by atoms with van der Waals surface area (Å²) in [6.07, 6.45) is -5.17. The second-order valence-electron chi connectivity index (χ2n) is 10.6. The van der Waals surface area contributed by atoms with Gasteiger partial charge in [-0.1, -0.05) is 31.2 Å². The molecule has 234 valence electrons. The summed E-state index contributed by atoms with van der Waals surface area (Å²) in [5, 5.41) is 17.8. The number of hydrogen-bond acceptors (Lipinski definition) is 5. The lowest BCUT2D eigenvalue weighted by atomic mass is 9.99. The predicted molar refractivity (Wildman–Crippen MR) is 160 cm³/mol. The Morgan fingerprint density at radius 1 is 1.00 bits per heavy atom. The molecule has 5 amide bonds. The Kier molecular flexibility index (Phi) is 9.99. The molecule has 13 heteroatoms. The lowest BCUT2D eigenvalue weighted by Crippen LogP contribution is -2.50. The summed E-state index contributed by atoms with van der Waals surface area (Å²) in [7, 11) is 1.61. The van der Waals surface area contributed by atoms with Gasteiger partial charge in [-0.25, -0.2) is 9.59 Å². The van der Waals surface area contributed by atoms with Gasteiger partial charge in [0.1, 0.15) is 6.10 Å². The van der Waals surface area contributed by atoms with Crippen molar-refractivity contribution in [3.63, 3.8) is 0 Å². The van der Waals surface area contributed by atoms with E-state index in [-0.39, 0.29) is 54.3 Å². The fourth-order valence-corrected chi connectivity index (χ4v) is 4.68. The number of anilines is 3. The molecule has 0 aromatic heterocycles. The SMILES string of the molecule is C[C@@H]1CN([C@@H](C)CO)C(=O)c2cccc(NC(=O)Nc3ccc(C(F)(F)F)cc3)c2O[C@H]1CN(C)C(=O)Nc1ccccc1. The maximum absolute atomic E-state index is 13.7. The summed E-state index contributed by atoms with van der Waals surface area (Å²) in [5.41, 5.74) is 0.134. The molecule has 44 heavy (non-hydrogen) atoms. The van der Waals surface area contributed by atoms with Gasteiger partial charge in [0.25, 0.3) is 5.91 Å². The number of nitrogens with zero attached hydrogens (tertiary/aromatic N) is 2. The number of hydrogen-bond donors (Lipinski definition) is 4. The summed E-state index contributed by atoms with van der Waals surface area (Å²) in [6, 6.07) is 15.8. The molecule has 0 unspecified atom stereocenters. The highest BCUT2D eigenvalue weighted by molar-refractivity contribution is 6.04. The fourth-order valence-electron chi connectivity index (χ4n) is 4.68. The Morgan fingerprint density at radius 2 is 1.66 bits per heavy atom. The van der Waals surface area contributed by atoms with Gasteiger partial charge >= 0.3 is 18.2 Å². The number of likely N-dealkylation sites (N-methyl/N-ethyl adjacent to an activating group) is 1. The Bertz CT molecular complexity index is 1470. The zero-order valence-electron chi connectivity index (χ0n) is 24.4. The highest BCUT2D eigenvalue weighted by Crippen LogP contribution is 2.35. The average molecular weight is 614 g/mol. The van der Waals surface area contributed by atoms with E-state index in [0.29, 0.717) is 5.69 Å². The molecule has 0 saturated carbocycles. The van der Waals surface area contributed by atoms with Crippen LogP contribution in [0.25, 0.3) is 0 Å². The van der Waals surface area contributed by atoms with Crippen LogP contribution in [0.5, 0.6) is 5.75 Å². The van der Waals surface area contributed by atoms with Crippen LogP contribution in [0, 0.1) is 5.92 Å². The molecule has 1 heterocycles. The molecule has 4 rings (SSSR count). The van der Waals surface area contributed by atoms with E-state index in [0.717, 1.165) is 24.3 Å². The van der Waals surface area contributed by atoms with Crippen molar-refractivity contribution in [2.75, 3.05) is 42.7 Å². The number of halogens is 3. The Hall–Kier alpha value is -4.78. The van der Waals surface area contributed by atoms with Crippen LogP contribution in [-0.2, 0) is 6.18 Å². The van der Waals surface area contributed by atoms with Crippen molar-refractivity contribution >= 4 is 35.0 Å². The molecule has 3 atom stereocenters. The molecule has 3 aromatic carbocycles. The maximum Gasteiger partial charge on any atom is 0.416 e. The van der Waals surface area contributed by atoms with Gasteiger partial charge in [0.2, 0.25) is 0 Å². The fraction of sp³-hybridized carbons (Fsp3) is 0.323. The van der Waals surface area contributed by atoms with Crippen molar-refractivity contribution in [1.82, 2.24) is 9.80 Å². The molecule has 0 radical (unpaired) electrons. The lowest BCUT2D eigenvalue weighted by molar-refractivity contribution is -0.137. The number of benzene rings is 3. The summed E-state index contributed by atoms with van der Waals surface area (Å²) < 4.78 is 45.2. The first-order valence-corrected chi connectivity index (χ1v) is 13.9. The molecule has 1 aliphatic rings. The van der Waals surface area contributed by atoms with Gasteiger partial charge in [-0.2, -0.15) is 13.2 Å². The monoisotopic (exact) mass is 613 g/mol. The van der Waals surface area contributed by atoms with Crippen LogP contribution in [0.1, 0.15) is 29.8 Å². The van der Waals surface area contributed by atoms with E-state index in [1.54, 1.807) is 44.3 Å². The molecular formula is C31H34F3N5O5. The number of aliphatic hydroxyl groups is 1. The number of carbonyl (C=O) groups excluding carboxylic acids is 3. The highest BCUT2D eigenvalue weighted by atomic mass is 19.4. The van der Waals surface area contributed by atoms with Crippen molar-refractivity contribution in [2.45, 2.75) is 32.2 Å². The smallest absolute Gasteiger partial charge is 0.416 e. The van der Waals surface area contributed by atoms with E-state index in [1.807, 2.05) is 13.0 Å². The van der Waals surface area contributed by atoms with Crippen LogP contribution in [-0.4, -0.2) is 71.8 Å². The first-order chi connectivity index (χ1) is 20.9. The number of aliphatic hydroxyl groups excluding tert-OH is 1. The summed E-state index contributed by atoms with van der Waals surface area (Å²) in [6.45, 7) is 3.62. The third-order valence-corrected chi connectivity index (χ3v) is 7.24. The number of alkyl halides is 3. The first-order valence-electron chi connectivity index (χ1n) is 13.9. The third-order valence-electron chi connectivity index (χ3n) is 7.24. The lowest BCUT2D eigenvalue weighted by Gasteiger charge is -2.38. The number of carbonyl (C=O) groups is 3. The second-order valence-corrected chi connectivity index (χ2v) is 10.6. The van der Waals surface area contributed by atoms with Gasteiger partial charge in [-0.3, -0.25) is 4.79 Å². The van der Waals surface area contributed by atoms with E-state index in [1.165, 1.54) is 21.9 Å². The number of rotatable bonds is 7. The normalized spacial score (nSPS) is 17.3. The second kappa shape index (κ2) is 13.7. The highest BCUT2D eigenvalue weighted by Gasteiger charge is 2.35. The molecular weight excluding hydrogens is 579 g/mol. The van der Waals surface area contributed by atoms with E-state index >= 15 is 0 Å². The van der Waals surface area contributed by atoms with Crippen LogP contribution < -0.4 is 20.7 Å². The molecule has 0 spiro atoms. The zero-order valence-corrected chi connectivity index (χ0v) is 24.4. The number of fused-ring (bicyclic) bond motifs is 1. The molecule has 3 aromatic rings. The van der Waals surface area contributed by atoms with E-state index in [9.17, 15) is 32.7 Å². The van der Waals surface area contributed by atoms with Gasteiger partial charge in [0.15, 0.2) is 5.75 Å². The van der Waals surface area contributed by atoms with Crippen molar-refractivity contribution in [1.29, 1.82) is 0 Å². The standard InChI is InChI=1S/C31H34F3N5O5/c1-19-16-39(20(2)18-40)28(41)24-10-7-11-25(37-29(42)35-23-14-12-21(13-15-23)31(32,33)34)27(24)44-26(19)17-38(3)30(43)36-22-8-5-4-6-9-22/h4-15,19-20,26,40H,16-18H2,1-3H3,(H,36,43)(H2,35,37,42)/t19-,20+,26+/m1/s1. The van der Waals surface area contributed by atoms with Crippen LogP contribution >= 0.6 is 0 Å². The minimum Gasteiger partial charge on any atom is -0.485 e. The number of ether oxygens (including phenoxy) is 1. The van der Waals surface area contributed by atoms with Crippen molar-refractivity contribution in [3.05, 3.63) is 83.9 Å². The zero-order chi connectivity index (χ0) is 32.0. The number of para-hydroxylation sites is 2. The first kappa shape index (κ1) is 32.1. The Labute approximate surface area is 252 Å². The molecule has 4 N–H and O–H groups in total. The van der Waals surface area contributed by atoms with Crippen LogP contribution in [0.3, 0.4) is 0 Å². The van der Waals surface area contributed by atoms with Crippen LogP contribution in [0.2, 0.25) is 0 Å². The average Bonchev–Trinajstić information content (AvgIpc) is 2.99. The summed E-state index contributed by atoms with van der Waals surface area (Å²) in [5.74, 6) is -0.681. The quantitative estimate of drug-likeness (QED) is 0.271. The molecule has 10 nitrogen and oxygen atoms in total. The van der Waals surface area contributed by atoms with Gasteiger partial charge in [0.05, 0.1) is 36.0 Å². The van der Waals surface area contributed by atoms with Gasteiger partial charge < -0.3 is 35.6 Å². The van der Waals surface area contributed by atoms with E-state index in [2.05, 4.69) is 16.0 Å². The van der Waals surface area contributed by atoms with E-state index in [4.69, 9.17) is 4.74 Å². The van der Waals surface area contributed by atoms with Crippen molar-refractivity contribution in [3.8, 4) is 5.75 Å². The largest absolute Gasteiger partial charge is 0.485 e. The number of amides is 5.